The molecule has 6 aliphatic rings. The second kappa shape index (κ2) is 17.9. The molecule has 6 fully saturated rings. The van der Waals surface area contributed by atoms with Crippen molar-refractivity contribution in [2.45, 2.75) is 79.1 Å². The quantitative estimate of drug-likeness (QED) is 0.0943. The van der Waals surface area contributed by atoms with Crippen LogP contribution < -0.4 is 9.47 Å². The van der Waals surface area contributed by atoms with E-state index in [0.717, 1.165) is 60.1 Å². The van der Waals surface area contributed by atoms with Crippen molar-refractivity contribution in [1.82, 2.24) is 0 Å². The van der Waals surface area contributed by atoms with Gasteiger partial charge in [0.2, 0.25) is 0 Å². The van der Waals surface area contributed by atoms with Gasteiger partial charge in [-0.3, -0.25) is 0 Å². The third-order valence-corrected chi connectivity index (χ3v) is 13.7. The summed E-state index contributed by atoms with van der Waals surface area (Å²) in [6.45, 7) is 31.0. The second-order valence-electron chi connectivity index (χ2n) is 17.1. The second-order valence-corrected chi connectivity index (χ2v) is 17.1. The number of unbranched alkanes of at least 4 members (excludes halogenated alkanes) is 6. The minimum atomic E-state index is 0.730. The molecular weight excluding hydrogens is 641 g/mol. The highest BCUT2D eigenvalue weighted by Gasteiger charge is 2.49. The summed E-state index contributed by atoms with van der Waals surface area (Å²) < 4.78 is 18.5. The fraction of sp³-hybridized carbons (Fsp3) is 0.652. The standard InChI is InChI=1S/C46H70N4O2/c1-5-8-10-12-21-47-23-29-49(30-24-47,31-25-47)35-37-51-45-40-44(20-19-43-17-15-42(14-7-3)16-18-43)46(39-41(45)4)52-38-36-50-32-26-48(27-33-50,28-34-50)22-13-11-9-6-2/h15-18,39-40H,5-6,8-13,21-38H2,1-4H3/q+4. The van der Waals surface area contributed by atoms with Crippen LogP contribution in [0.15, 0.2) is 36.4 Å². The van der Waals surface area contributed by atoms with E-state index in [1.54, 1.807) is 0 Å². The Hall–Kier alpha value is -3.00. The first-order valence-corrected chi connectivity index (χ1v) is 21.2. The molecule has 8 rings (SSSR count). The topological polar surface area (TPSA) is 18.5 Å². The van der Waals surface area contributed by atoms with Crippen molar-refractivity contribution in [2.75, 3.05) is 118 Å². The van der Waals surface area contributed by atoms with Crippen LogP contribution in [-0.4, -0.2) is 136 Å². The fourth-order valence-corrected chi connectivity index (χ4v) is 9.63. The molecule has 52 heavy (non-hydrogen) atoms. The maximum absolute atomic E-state index is 6.66. The van der Waals surface area contributed by atoms with E-state index in [-0.39, 0.29) is 0 Å². The molecule has 0 spiro atoms. The third-order valence-electron chi connectivity index (χ3n) is 13.7. The normalized spacial score (nSPS) is 27.4. The number of fused-ring (bicyclic) bond motifs is 6. The molecule has 6 saturated heterocycles. The van der Waals surface area contributed by atoms with Crippen molar-refractivity contribution in [3.8, 4) is 35.2 Å². The molecule has 6 nitrogen and oxygen atoms in total. The summed E-state index contributed by atoms with van der Waals surface area (Å²) in [7, 11) is 0. The zero-order valence-electron chi connectivity index (χ0n) is 33.5. The molecule has 6 heteroatoms. The largest absolute Gasteiger partial charge is 0.487 e. The molecule has 0 amide bonds. The first kappa shape index (κ1) is 38.7. The van der Waals surface area contributed by atoms with E-state index >= 15 is 0 Å². The molecule has 0 N–H and O–H groups in total. The maximum Gasteiger partial charge on any atom is 0.137 e. The third kappa shape index (κ3) is 9.75. The molecule has 4 bridgehead atoms. The molecular formula is C46H70N4O2+4. The van der Waals surface area contributed by atoms with E-state index < -0.39 is 0 Å². The van der Waals surface area contributed by atoms with Crippen molar-refractivity contribution in [1.29, 1.82) is 0 Å². The SMILES string of the molecule is CC#Cc1ccc(C#Cc2cc(OCC[N+]34CC[N+](CCCCCC)(CC3)CC4)c(C)cc2OCC[N+]23CC[N+](CCCCCC)(CC2)CC3)cc1. The van der Waals surface area contributed by atoms with Crippen molar-refractivity contribution in [3.63, 3.8) is 0 Å². The summed E-state index contributed by atoms with van der Waals surface area (Å²) in [6, 6.07) is 12.6. The van der Waals surface area contributed by atoms with Crippen LogP contribution in [0.3, 0.4) is 0 Å². The summed E-state index contributed by atoms with van der Waals surface area (Å²) in [5.74, 6) is 14.9. The zero-order valence-corrected chi connectivity index (χ0v) is 33.5. The number of quaternary nitrogens is 4. The van der Waals surface area contributed by atoms with Gasteiger partial charge >= 0.3 is 0 Å². The number of hydrogen-bond donors (Lipinski definition) is 0. The van der Waals surface area contributed by atoms with Crippen LogP contribution in [0.2, 0.25) is 0 Å². The van der Waals surface area contributed by atoms with Crippen molar-refractivity contribution >= 4 is 0 Å². The van der Waals surface area contributed by atoms with Crippen LogP contribution in [-0.2, 0) is 0 Å². The lowest BCUT2D eigenvalue weighted by atomic mass is 10.0. The van der Waals surface area contributed by atoms with Gasteiger partial charge in [0.05, 0.1) is 18.7 Å². The highest BCUT2D eigenvalue weighted by atomic mass is 16.5. The molecule has 0 aromatic heterocycles. The van der Waals surface area contributed by atoms with Gasteiger partial charge in [0, 0.05) is 11.1 Å². The van der Waals surface area contributed by atoms with Crippen LogP contribution in [0.25, 0.3) is 0 Å². The number of nitrogens with zero attached hydrogens (tertiary/aromatic N) is 4. The molecule has 6 aliphatic heterocycles. The van der Waals surface area contributed by atoms with Gasteiger partial charge in [0.25, 0.3) is 0 Å². The fourth-order valence-electron chi connectivity index (χ4n) is 9.63. The van der Waals surface area contributed by atoms with E-state index in [0.29, 0.717) is 0 Å². The highest BCUT2D eigenvalue weighted by molar-refractivity contribution is 5.55. The van der Waals surface area contributed by atoms with Crippen molar-refractivity contribution in [2.24, 2.45) is 0 Å². The number of ether oxygens (including phenoxy) is 2. The van der Waals surface area contributed by atoms with Gasteiger partial charge in [0.1, 0.15) is 116 Å². The molecule has 0 atom stereocenters. The molecule has 0 radical (unpaired) electrons. The van der Waals surface area contributed by atoms with Crippen LogP contribution in [0.1, 0.15) is 94.4 Å². The smallest absolute Gasteiger partial charge is 0.137 e. The Kier molecular flexibility index (Phi) is 13.3. The number of piperazine rings is 6. The average Bonchev–Trinajstić information content (AvgIpc) is 3.18. The van der Waals surface area contributed by atoms with Gasteiger partial charge in [-0.2, -0.15) is 0 Å². The summed E-state index contributed by atoms with van der Waals surface area (Å²) in [4.78, 5) is 0. The lowest BCUT2D eigenvalue weighted by molar-refractivity contribution is -1.08. The summed E-state index contributed by atoms with van der Waals surface area (Å²) >= 11 is 0. The molecule has 2 aromatic rings. The number of rotatable bonds is 18. The van der Waals surface area contributed by atoms with E-state index in [1.165, 1.54) is 161 Å². The molecule has 0 saturated carbocycles. The molecule has 2 aromatic carbocycles. The maximum atomic E-state index is 6.66. The Bertz CT molecular complexity index is 1540. The van der Waals surface area contributed by atoms with E-state index in [9.17, 15) is 0 Å². The van der Waals surface area contributed by atoms with Gasteiger partial charge in [-0.15, -0.1) is 5.92 Å². The van der Waals surface area contributed by atoms with E-state index in [2.05, 4.69) is 80.9 Å². The van der Waals surface area contributed by atoms with Crippen LogP contribution in [0.4, 0.5) is 0 Å². The Morgan fingerprint density at radius 3 is 1.37 bits per heavy atom. The Morgan fingerprint density at radius 2 is 0.923 bits per heavy atom. The first-order chi connectivity index (χ1) is 25.3. The lowest BCUT2D eigenvalue weighted by Gasteiger charge is -2.55. The van der Waals surface area contributed by atoms with Gasteiger partial charge in [0.15, 0.2) is 0 Å². The molecule has 6 heterocycles. The van der Waals surface area contributed by atoms with Crippen molar-refractivity contribution < 1.29 is 27.4 Å². The lowest BCUT2D eigenvalue weighted by Crippen LogP contribution is -2.75. The summed E-state index contributed by atoms with van der Waals surface area (Å²) in [6.07, 6.45) is 11.0. The minimum absolute atomic E-state index is 0.730. The van der Waals surface area contributed by atoms with Crippen LogP contribution >= 0.6 is 0 Å². The highest BCUT2D eigenvalue weighted by Crippen LogP contribution is 2.32. The van der Waals surface area contributed by atoms with Gasteiger partial charge in [-0.05, 0) is 81.5 Å². The first-order valence-electron chi connectivity index (χ1n) is 21.2. The number of benzene rings is 2. The van der Waals surface area contributed by atoms with Crippen molar-refractivity contribution in [3.05, 3.63) is 58.7 Å². The summed E-state index contributed by atoms with van der Waals surface area (Å²) in [5.41, 5.74) is 4.06. The molecule has 282 valence electrons. The Morgan fingerprint density at radius 1 is 0.500 bits per heavy atom. The minimum Gasteiger partial charge on any atom is -0.487 e. The monoisotopic (exact) mass is 711 g/mol. The van der Waals surface area contributed by atoms with E-state index in [1.807, 2.05) is 6.92 Å². The number of hydrogen-bond acceptors (Lipinski definition) is 2. The predicted octanol–water partition coefficient (Wildman–Crippen LogP) is 7.01. The van der Waals surface area contributed by atoms with Gasteiger partial charge in [-0.1, -0.05) is 57.3 Å². The zero-order chi connectivity index (χ0) is 36.3. The van der Waals surface area contributed by atoms with Crippen LogP contribution in [0.5, 0.6) is 11.5 Å². The average molecular weight is 711 g/mol. The van der Waals surface area contributed by atoms with Crippen LogP contribution in [0, 0.1) is 30.6 Å². The number of aryl methyl sites for hydroxylation is 1. The Labute approximate surface area is 317 Å². The molecule has 0 unspecified atom stereocenters. The van der Waals surface area contributed by atoms with E-state index in [4.69, 9.17) is 9.47 Å². The van der Waals surface area contributed by atoms with Gasteiger partial charge < -0.3 is 27.4 Å². The summed E-state index contributed by atoms with van der Waals surface area (Å²) in [5, 5.41) is 0. The Balaban J connectivity index is 1.08. The predicted molar refractivity (Wildman–Crippen MR) is 214 cm³/mol. The van der Waals surface area contributed by atoms with Gasteiger partial charge in [-0.25, -0.2) is 0 Å². The molecule has 0 aliphatic carbocycles.